The molecule has 4 aliphatic carbocycles. The summed E-state index contributed by atoms with van der Waals surface area (Å²) in [6.07, 6.45) is 7.02. The van der Waals surface area contributed by atoms with Gasteiger partial charge in [0.2, 0.25) is 0 Å². The van der Waals surface area contributed by atoms with Crippen LogP contribution in [0.15, 0.2) is 24.3 Å². The van der Waals surface area contributed by atoms with Crippen LogP contribution in [0.4, 0.5) is 4.39 Å². The van der Waals surface area contributed by atoms with Crippen LogP contribution in [0.2, 0.25) is 0 Å². The summed E-state index contributed by atoms with van der Waals surface area (Å²) in [4.78, 5) is 26.1. The zero-order valence-corrected chi connectivity index (χ0v) is 15.2. The number of hydrogen-bond donors (Lipinski definition) is 0. The minimum atomic E-state index is -0.439. The van der Waals surface area contributed by atoms with Gasteiger partial charge in [-0.2, -0.15) is 0 Å². The molecule has 4 fully saturated rings. The van der Waals surface area contributed by atoms with Crippen molar-refractivity contribution in [3.63, 3.8) is 0 Å². The Morgan fingerprint density at radius 3 is 2.12 bits per heavy atom. The molecule has 0 N–H and O–H groups in total. The third-order valence-corrected chi connectivity index (χ3v) is 6.53. The smallest absolute Gasteiger partial charge is 0.303 e. The Hall–Kier alpha value is -1.91. The van der Waals surface area contributed by atoms with E-state index >= 15 is 0 Å². The molecule has 4 bridgehead atoms. The summed E-state index contributed by atoms with van der Waals surface area (Å²) in [5, 5.41) is 0. The molecule has 1 aromatic rings. The summed E-state index contributed by atoms with van der Waals surface area (Å²) in [6, 6.07) is 6.34. The van der Waals surface area contributed by atoms with Crippen LogP contribution in [0.25, 0.3) is 0 Å². The number of rotatable bonds is 5. The maximum Gasteiger partial charge on any atom is 0.303 e. The fourth-order valence-electron chi connectivity index (χ4n) is 5.93. The quantitative estimate of drug-likeness (QED) is 0.754. The summed E-state index contributed by atoms with van der Waals surface area (Å²) in [5.74, 6) is 1.27. The lowest BCUT2D eigenvalue weighted by Gasteiger charge is -2.60. The number of hydrogen-bond acceptors (Lipinski definition) is 3. The van der Waals surface area contributed by atoms with Crippen LogP contribution in [0.5, 0.6) is 0 Å². The van der Waals surface area contributed by atoms with E-state index in [0.29, 0.717) is 24.3 Å². The lowest BCUT2D eigenvalue weighted by Crippen LogP contribution is -2.61. The van der Waals surface area contributed by atoms with Crippen LogP contribution in [0.1, 0.15) is 51.0 Å². The van der Waals surface area contributed by atoms with Crippen LogP contribution in [0.3, 0.4) is 0 Å². The number of esters is 1. The molecule has 5 heteroatoms. The number of ether oxygens (including phenoxy) is 1. The second kappa shape index (κ2) is 6.67. The second-order valence-corrected chi connectivity index (χ2v) is 8.53. The first kappa shape index (κ1) is 17.5. The molecule has 5 rings (SSSR count). The Kier molecular flexibility index (Phi) is 4.49. The highest BCUT2D eigenvalue weighted by Crippen LogP contribution is 2.58. The Labute approximate surface area is 153 Å². The van der Waals surface area contributed by atoms with Gasteiger partial charge < -0.3 is 9.64 Å². The van der Waals surface area contributed by atoms with Crippen molar-refractivity contribution in [2.24, 2.45) is 17.8 Å². The van der Waals surface area contributed by atoms with Crippen molar-refractivity contribution in [2.75, 3.05) is 6.61 Å². The van der Waals surface area contributed by atoms with Crippen LogP contribution in [-0.2, 0) is 20.9 Å². The van der Waals surface area contributed by atoms with Crippen LogP contribution in [0, 0.1) is 23.6 Å². The number of nitrogens with zero attached hydrogens (tertiary/aromatic N) is 1. The van der Waals surface area contributed by atoms with Crippen LogP contribution in [-0.4, -0.2) is 28.9 Å². The molecular weight excluding hydrogens is 333 g/mol. The Balaban J connectivity index is 1.60. The number of carbonyl (C=O) groups is 2. The largest absolute Gasteiger partial charge is 0.456 e. The van der Waals surface area contributed by atoms with E-state index < -0.39 is 5.97 Å². The topological polar surface area (TPSA) is 46.6 Å². The summed E-state index contributed by atoms with van der Waals surface area (Å²) < 4.78 is 18.3. The summed E-state index contributed by atoms with van der Waals surface area (Å²) in [7, 11) is 0. The van der Waals surface area contributed by atoms with Crippen molar-refractivity contribution in [1.82, 2.24) is 4.90 Å². The first-order valence-electron chi connectivity index (χ1n) is 9.62. The van der Waals surface area contributed by atoms with Crippen molar-refractivity contribution in [1.29, 1.82) is 0 Å². The summed E-state index contributed by atoms with van der Waals surface area (Å²) in [6.45, 7) is 1.56. The van der Waals surface area contributed by atoms with E-state index in [-0.39, 0.29) is 23.9 Å². The van der Waals surface area contributed by atoms with Gasteiger partial charge in [-0.3, -0.25) is 9.59 Å². The molecule has 0 aliphatic heterocycles. The van der Waals surface area contributed by atoms with Gasteiger partial charge >= 0.3 is 5.97 Å². The predicted octanol–water partition coefficient (Wildman–Crippen LogP) is 3.69. The van der Waals surface area contributed by atoms with E-state index in [0.717, 1.165) is 24.8 Å². The lowest BCUT2D eigenvalue weighted by molar-refractivity contribution is -0.162. The van der Waals surface area contributed by atoms with Crippen molar-refractivity contribution < 1.29 is 18.7 Å². The van der Waals surface area contributed by atoms with E-state index in [4.69, 9.17) is 4.74 Å². The van der Waals surface area contributed by atoms with E-state index in [2.05, 4.69) is 0 Å². The highest BCUT2D eigenvalue weighted by molar-refractivity contribution is 5.81. The molecule has 0 radical (unpaired) electrons. The maximum absolute atomic E-state index is 13.3. The summed E-state index contributed by atoms with van der Waals surface area (Å²) >= 11 is 0. The number of carbonyl (C=O) groups excluding carboxylic acids is 2. The third kappa shape index (κ3) is 3.36. The molecular formula is C21H26FNO3. The minimum absolute atomic E-state index is 0.125. The SMILES string of the molecule is CC(=O)OCC(=O)N(Cc1ccc(F)cc1)C12CC3CC(CC(C3)C1)C2. The molecule has 0 atom stereocenters. The van der Waals surface area contributed by atoms with E-state index in [9.17, 15) is 14.0 Å². The Bertz CT molecular complexity index is 664. The molecule has 0 saturated heterocycles. The van der Waals surface area contributed by atoms with Crippen LogP contribution >= 0.6 is 0 Å². The fraction of sp³-hybridized carbons (Fsp3) is 0.619. The van der Waals surface area contributed by atoms with Crippen molar-refractivity contribution in [2.45, 2.75) is 57.5 Å². The minimum Gasteiger partial charge on any atom is -0.456 e. The van der Waals surface area contributed by atoms with Gasteiger partial charge in [0.1, 0.15) is 5.82 Å². The first-order chi connectivity index (χ1) is 12.4. The summed E-state index contributed by atoms with van der Waals surface area (Å²) in [5.41, 5.74) is 0.790. The van der Waals surface area contributed by atoms with Crippen LogP contribution < -0.4 is 0 Å². The molecule has 0 heterocycles. The average molecular weight is 359 g/mol. The number of benzene rings is 1. The molecule has 140 valence electrons. The normalized spacial score (nSPS) is 31.7. The molecule has 4 nitrogen and oxygen atoms in total. The number of halogens is 1. The molecule has 4 saturated carbocycles. The monoisotopic (exact) mass is 359 g/mol. The number of amides is 1. The Morgan fingerprint density at radius 1 is 1.08 bits per heavy atom. The molecule has 1 aromatic carbocycles. The standard InChI is InChI=1S/C21H26FNO3/c1-14(24)26-13-20(25)23(12-15-2-4-19(22)5-3-15)21-9-16-6-17(10-21)8-18(7-16)11-21/h2-5,16-18H,6-13H2,1H3. The highest BCUT2D eigenvalue weighted by atomic mass is 19.1. The first-order valence-corrected chi connectivity index (χ1v) is 9.62. The van der Waals surface area contributed by atoms with Gasteiger partial charge in [0.05, 0.1) is 0 Å². The van der Waals surface area contributed by atoms with Gasteiger partial charge in [-0.15, -0.1) is 0 Å². The van der Waals surface area contributed by atoms with Crippen molar-refractivity contribution >= 4 is 11.9 Å². The van der Waals surface area contributed by atoms with Gasteiger partial charge in [0, 0.05) is 19.0 Å². The molecule has 0 unspecified atom stereocenters. The molecule has 0 spiro atoms. The molecule has 26 heavy (non-hydrogen) atoms. The maximum atomic E-state index is 13.3. The zero-order valence-electron chi connectivity index (χ0n) is 15.2. The molecule has 4 aliphatic rings. The van der Waals surface area contributed by atoms with Gasteiger partial charge in [-0.1, -0.05) is 12.1 Å². The van der Waals surface area contributed by atoms with Gasteiger partial charge in [-0.05, 0) is 74.0 Å². The Morgan fingerprint density at radius 2 is 1.62 bits per heavy atom. The van der Waals surface area contributed by atoms with E-state index in [1.54, 1.807) is 12.1 Å². The van der Waals surface area contributed by atoms with E-state index in [1.807, 2.05) is 4.90 Å². The third-order valence-electron chi connectivity index (χ3n) is 6.53. The second-order valence-electron chi connectivity index (χ2n) is 8.53. The molecule has 1 amide bonds. The highest BCUT2D eigenvalue weighted by Gasteiger charge is 2.54. The fourth-order valence-corrected chi connectivity index (χ4v) is 5.93. The van der Waals surface area contributed by atoms with Crippen molar-refractivity contribution in [3.8, 4) is 0 Å². The average Bonchev–Trinajstić information content (AvgIpc) is 2.58. The van der Waals surface area contributed by atoms with Gasteiger partial charge in [-0.25, -0.2) is 4.39 Å². The van der Waals surface area contributed by atoms with Gasteiger partial charge in [0.25, 0.3) is 5.91 Å². The van der Waals surface area contributed by atoms with Gasteiger partial charge in [0.15, 0.2) is 6.61 Å². The predicted molar refractivity (Wildman–Crippen MR) is 94.5 cm³/mol. The lowest BCUT2D eigenvalue weighted by atomic mass is 9.52. The molecule has 0 aromatic heterocycles. The van der Waals surface area contributed by atoms with E-state index in [1.165, 1.54) is 38.3 Å². The van der Waals surface area contributed by atoms with Crippen molar-refractivity contribution in [3.05, 3.63) is 35.6 Å². The zero-order chi connectivity index (χ0) is 18.3.